The second-order valence-corrected chi connectivity index (χ2v) is 9.49. The van der Waals surface area contributed by atoms with Crippen molar-refractivity contribution in [1.29, 1.82) is 0 Å². The Morgan fingerprint density at radius 1 is 0.971 bits per heavy atom. The summed E-state index contributed by atoms with van der Waals surface area (Å²) < 4.78 is 72.6. The van der Waals surface area contributed by atoms with Gasteiger partial charge in [-0.1, -0.05) is 6.07 Å². The lowest BCUT2D eigenvalue weighted by molar-refractivity contribution is -0.137. The lowest BCUT2D eigenvalue weighted by atomic mass is 10.2. The zero-order valence-electron chi connectivity index (χ0n) is 19.0. The van der Waals surface area contributed by atoms with Gasteiger partial charge in [-0.05, 0) is 42.5 Å². The Morgan fingerprint density at radius 3 is 2.29 bits per heavy atom. The molecule has 1 aliphatic rings. The molecule has 0 saturated carbocycles. The lowest BCUT2D eigenvalue weighted by Gasteiger charge is -2.34. The minimum Gasteiger partial charge on any atom is -0.439 e. The first kappa shape index (κ1) is 24.9. The van der Waals surface area contributed by atoms with E-state index in [1.807, 2.05) is 19.0 Å². The Morgan fingerprint density at radius 2 is 1.66 bits per heavy atom. The number of alkyl halides is 3. The van der Waals surface area contributed by atoms with Gasteiger partial charge in [0.1, 0.15) is 28.4 Å². The van der Waals surface area contributed by atoms with Gasteiger partial charge in [0, 0.05) is 46.3 Å². The molecule has 0 bridgehead atoms. The number of anilines is 2. The molecule has 1 saturated heterocycles. The van der Waals surface area contributed by atoms with Crippen LogP contribution in [0.5, 0.6) is 11.6 Å². The summed E-state index contributed by atoms with van der Waals surface area (Å²) in [6.07, 6.45) is -4.50. The molecular formula is C23H23F4N5O2S. The van der Waals surface area contributed by atoms with E-state index in [1.54, 1.807) is 15.3 Å². The number of nitrogens with zero attached hydrogens (tertiary/aromatic N) is 5. The van der Waals surface area contributed by atoms with Crippen LogP contribution in [0.25, 0.3) is 0 Å². The lowest BCUT2D eigenvalue weighted by Crippen LogP contribution is -2.47. The van der Waals surface area contributed by atoms with E-state index < -0.39 is 22.7 Å². The van der Waals surface area contributed by atoms with E-state index in [1.165, 1.54) is 36.4 Å². The number of piperazine rings is 1. The van der Waals surface area contributed by atoms with Gasteiger partial charge in [0.15, 0.2) is 0 Å². The summed E-state index contributed by atoms with van der Waals surface area (Å²) in [4.78, 5) is 12.8. The first-order chi connectivity index (χ1) is 16.6. The van der Waals surface area contributed by atoms with Crippen molar-refractivity contribution in [2.24, 2.45) is 0 Å². The molecule has 35 heavy (non-hydrogen) atoms. The van der Waals surface area contributed by atoms with Gasteiger partial charge >= 0.3 is 6.18 Å². The van der Waals surface area contributed by atoms with Crippen molar-refractivity contribution < 1.29 is 26.5 Å². The first-order valence-electron chi connectivity index (χ1n) is 10.7. The van der Waals surface area contributed by atoms with Gasteiger partial charge in [-0.15, -0.1) is 0 Å². The second-order valence-electron chi connectivity index (χ2n) is 8.01. The average Bonchev–Trinajstić information content (AvgIpc) is 2.84. The average molecular weight is 510 g/mol. The van der Waals surface area contributed by atoms with E-state index in [2.05, 4.69) is 9.97 Å². The maximum atomic E-state index is 13.2. The topological polar surface area (TPSA) is 61.8 Å². The van der Waals surface area contributed by atoms with Gasteiger partial charge in [0.05, 0.1) is 10.5 Å². The Balaban J connectivity index is 1.48. The summed E-state index contributed by atoms with van der Waals surface area (Å²) in [6, 6.07) is 11.8. The van der Waals surface area contributed by atoms with Crippen molar-refractivity contribution in [2.45, 2.75) is 11.1 Å². The zero-order valence-corrected chi connectivity index (χ0v) is 19.8. The maximum Gasteiger partial charge on any atom is 0.416 e. The van der Waals surface area contributed by atoms with Crippen molar-refractivity contribution >= 4 is 22.8 Å². The highest BCUT2D eigenvalue weighted by Crippen LogP contribution is 2.31. The van der Waals surface area contributed by atoms with Crippen molar-refractivity contribution in [2.75, 3.05) is 50.1 Å². The highest BCUT2D eigenvalue weighted by molar-refractivity contribution is 7.82. The molecule has 1 aromatic heterocycles. The SMILES string of the molecule is CN(C)c1cc(Oc2ccc(F)cc2)nc(N2CCN(S(=O)c3cccc(C(F)(F)F)c3)CC2)n1. The van der Waals surface area contributed by atoms with Gasteiger partial charge in [-0.2, -0.15) is 23.1 Å². The molecule has 0 amide bonds. The van der Waals surface area contributed by atoms with E-state index in [-0.39, 0.29) is 16.6 Å². The van der Waals surface area contributed by atoms with E-state index >= 15 is 0 Å². The third-order valence-electron chi connectivity index (χ3n) is 5.29. The Kier molecular flexibility index (Phi) is 7.22. The number of hydrogen-bond acceptors (Lipinski definition) is 6. The standard InChI is InChI=1S/C23H23F4N5O2S/c1-30(2)20-15-21(34-18-8-6-17(24)7-9-18)29-22(28-20)31-10-12-32(13-11-31)35(33)19-5-3-4-16(14-19)23(25,26)27/h3-9,14-15H,10-13H2,1-2H3. The number of benzene rings is 2. The minimum absolute atomic E-state index is 0.106. The number of hydrogen-bond donors (Lipinski definition) is 0. The minimum atomic E-state index is -4.50. The van der Waals surface area contributed by atoms with Crippen LogP contribution in [0.15, 0.2) is 59.5 Å². The number of halogens is 4. The maximum absolute atomic E-state index is 13.2. The van der Waals surface area contributed by atoms with Crippen LogP contribution in [0.4, 0.5) is 29.3 Å². The summed E-state index contributed by atoms with van der Waals surface area (Å²) in [7, 11) is 1.92. The molecule has 2 aromatic carbocycles. The van der Waals surface area contributed by atoms with Gasteiger partial charge in [0.2, 0.25) is 11.8 Å². The van der Waals surface area contributed by atoms with Crippen LogP contribution < -0.4 is 14.5 Å². The molecular weight excluding hydrogens is 486 g/mol. The fourth-order valence-corrected chi connectivity index (χ4v) is 4.65. The predicted octanol–water partition coefficient (Wildman–Crippen LogP) is 4.34. The molecule has 0 spiro atoms. The molecule has 4 rings (SSSR count). The van der Waals surface area contributed by atoms with Crippen LogP contribution in [0, 0.1) is 5.82 Å². The Labute approximate surface area is 202 Å². The molecule has 12 heteroatoms. The fraction of sp³-hybridized carbons (Fsp3) is 0.304. The number of rotatable bonds is 6. The Bertz CT molecular complexity index is 1200. The molecule has 1 aliphatic heterocycles. The molecule has 0 aliphatic carbocycles. The molecule has 3 aromatic rings. The van der Waals surface area contributed by atoms with Crippen molar-refractivity contribution in [1.82, 2.24) is 14.3 Å². The van der Waals surface area contributed by atoms with Crippen LogP contribution in [-0.2, 0) is 17.2 Å². The largest absolute Gasteiger partial charge is 0.439 e. The fourth-order valence-electron chi connectivity index (χ4n) is 3.43. The number of aromatic nitrogens is 2. The summed E-state index contributed by atoms with van der Waals surface area (Å²) in [6.45, 7) is 1.51. The Hall–Kier alpha value is -3.25. The van der Waals surface area contributed by atoms with Gasteiger partial charge in [-0.25, -0.2) is 12.9 Å². The molecule has 186 valence electrons. The third-order valence-corrected chi connectivity index (χ3v) is 6.78. The van der Waals surface area contributed by atoms with Crippen LogP contribution in [0.2, 0.25) is 0 Å². The van der Waals surface area contributed by atoms with Crippen molar-refractivity contribution in [3.63, 3.8) is 0 Å². The quantitative estimate of drug-likeness (QED) is 0.461. The van der Waals surface area contributed by atoms with Gasteiger partial charge < -0.3 is 14.5 Å². The van der Waals surface area contributed by atoms with Crippen LogP contribution in [0.1, 0.15) is 5.56 Å². The van der Waals surface area contributed by atoms with Gasteiger partial charge in [-0.3, -0.25) is 0 Å². The molecule has 1 fully saturated rings. The molecule has 1 unspecified atom stereocenters. The van der Waals surface area contributed by atoms with E-state index in [0.29, 0.717) is 43.7 Å². The molecule has 1 atom stereocenters. The molecule has 0 N–H and O–H groups in total. The summed E-state index contributed by atoms with van der Waals surface area (Å²) in [5, 5.41) is 0. The van der Waals surface area contributed by atoms with Gasteiger partial charge in [0.25, 0.3) is 0 Å². The van der Waals surface area contributed by atoms with Crippen LogP contribution in [0.3, 0.4) is 0 Å². The molecule has 2 heterocycles. The predicted molar refractivity (Wildman–Crippen MR) is 124 cm³/mol. The molecule has 0 radical (unpaired) electrons. The summed E-state index contributed by atoms with van der Waals surface area (Å²) in [5.41, 5.74) is -0.829. The third kappa shape index (κ3) is 6.06. The summed E-state index contributed by atoms with van der Waals surface area (Å²) >= 11 is 0. The van der Waals surface area contributed by atoms with E-state index in [4.69, 9.17) is 4.74 Å². The van der Waals surface area contributed by atoms with E-state index in [9.17, 15) is 21.8 Å². The highest BCUT2D eigenvalue weighted by Gasteiger charge is 2.32. The smallest absolute Gasteiger partial charge is 0.416 e. The van der Waals surface area contributed by atoms with Crippen molar-refractivity contribution in [3.8, 4) is 11.6 Å². The second kappa shape index (κ2) is 10.2. The van der Waals surface area contributed by atoms with Crippen LogP contribution in [-0.4, -0.2) is 58.8 Å². The van der Waals surface area contributed by atoms with Crippen molar-refractivity contribution in [3.05, 3.63) is 66.0 Å². The van der Waals surface area contributed by atoms with Crippen LogP contribution >= 0.6 is 0 Å². The zero-order chi connectivity index (χ0) is 25.2. The highest BCUT2D eigenvalue weighted by atomic mass is 32.2. The molecule has 7 nitrogen and oxygen atoms in total. The normalized spacial score (nSPS) is 15.7. The van der Waals surface area contributed by atoms with E-state index in [0.717, 1.165) is 12.1 Å². The first-order valence-corrected chi connectivity index (χ1v) is 11.8. The summed E-state index contributed by atoms with van der Waals surface area (Å²) in [5.74, 6) is 1.32. The number of ether oxygens (including phenoxy) is 1. The monoisotopic (exact) mass is 509 g/mol.